The van der Waals surface area contributed by atoms with Crippen LogP contribution in [0.4, 0.5) is 4.79 Å². The lowest BCUT2D eigenvalue weighted by atomic mass is 10.0. The van der Waals surface area contributed by atoms with Gasteiger partial charge in [-0.1, -0.05) is 0 Å². The number of hydrogen-bond donors (Lipinski definition) is 2. The SMILES string of the molecule is COc1cc(OC)c(OC)cc1C[C@@H](NC(=O)OC(C)(C)C)C(=O)O. The third kappa shape index (κ3) is 6.06. The van der Waals surface area contributed by atoms with E-state index in [0.717, 1.165) is 0 Å². The summed E-state index contributed by atoms with van der Waals surface area (Å²) >= 11 is 0. The molecule has 1 aromatic rings. The molecular formula is C17H25NO7. The first-order chi connectivity index (χ1) is 11.6. The molecule has 0 aromatic heterocycles. The van der Waals surface area contributed by atoms with Crippen LogP contribution >= 0.6 is 0 Å². The summed E-state index contributed by atoms with van der Waals surface area (Å²) < 4.78 is 20.8. The molecular weight excluding hydrogens is 330 g/mol. The van der Waals surface area contributed by atoms with Gasteiger partial charge in [0.15, 0.2) is 11.5 Å². The molecule has 8 heteroatoms. The van der Waals surface area contributed by atoms with Crippen LogP contribution in [0.2, 0.25) is 0 Å². The zero-order valence-corrected chi connectivity index (χ0v) is 15.3. The number of carboxylic acids is 1. The van der Waals surface area contributed by atoms with Crippen molar-refractivity contribution in [3.05, 3.63) is 17.7 Å². The minimum absolute atomic E-state index is 0.0158. The predicted molar refractivity (Wildman–Crippen MR) is 90.6 cm³/mol. The van der Waals surface area contributed by atoms with E-state index in [0.29, 0.717) is 22.8 Å². The molecule has 0 fully saturated rings. The summed E-state index contributed by atoms with van der Waals surface area (Å²) in [6.07, 6.45) is -0.822. The van der Waals surface area contributed by atoms with Crippen molar-refractivity contribution < 1.29 is 33.6 Å². The number of nitrogens with one attached hydrogen (secondary N) is 1. The molecule has 0 bridgehead atoms. The number of methoxy groups -OCH3 is 3. The highest BCUT2D eigenvalue weighted by Gasteiger charge is 2.26. The van der Waals surface area contributed by atoms with Gasteiger partial charge in [-0.15, -0.1) is 0 Å². The highest BCUT2D eigenvalue weighted by Crippen LogP contribution is 2.35. The van der Waals surface area contributed by atoms with Crippen molar-refractivity contribution in [2.24, 2.45) is 0 Å². The van der Waals surface area contributed by atoms with Gasteiger partial charge in [0.25, 0.3) is 0 Å². The van der Waals surface area contributed by atoms with Gasteiger partial charge in [0.1, 0.15) is 17.4 Å². The number of alkyl carbamates (subject to hydrolysis) is 1. The summed E-state index contributed by atoms with van der Waals surface area (Å²) in [5.74, 6) is 0.118. The average Bonchev–Trinajstić information content (AvgIpc) is 2.51. The van der Waals surface area contributed by atoms with Gasteiger partial charge in [-0.25, -0.2) is 9.59 Å². The van der Waals surface area contributed by atoms with Gasteiger partial charge in [0.05, 0.1) is 21.3 Å². The second-order valence-corrected chi connectivity index (χ2v) is 6.26. The van der Waals surface area contributed by atoms with E-state index in [9.17, 15) is 14.7 Å². The Kier molecular flexibility index (Phi) is 6.90. The van der Waals surface area contributed by atoms with E-state index in [2.05, 4.69) is 5.32 Å². The van der Waals surface area contributed by atoms with Crippen LogP contribution in [-0.2, 0) is 16.0 Å². The van der Waals surface area contributed by atoms with Crippen molar-refractivity contribution in [1.82, 2.24) is 5.32 Å². The number of ether oxygens (including phenoxy) is 4. The van der Waals surface area contributed by atoms with E-state index >= 15 is 0 Å². The van der Waals surface area contributed by atoms with Crippen LogP contribution in [0.1, 0.15) is 26.3 Å². The standard InChI is InChI=1S/C17H25NO7/c1-17(2,3)25-16(21)18-11(15(19)20)7-10-8-13(23-5)14(24-6)9-12(10)22-4/h8-9,11H,7H2,1-6H3,(H,18,21)(H,19,20)/t11-/m1/s1. The van der Waals surface area contributed by atoms with Crippen LogP contribution in [0.3, 0.4) is 0 Å². The molecule has 0 unspecified atom stereocenters. The Bertz CT molecular complexity index is 622. The highest BCUT2D eigenvalue weighted by atomic mass is 16.6. The Hall–Kier alpha value is -2.64. The van der Waals surface area contributed by atoms with Gasteiger partial charge in [-0.05, 0) is 26.8 Å². The Labute approximate surface area is 147 Å². The molecule has 0 saturated heterocycles. The van der Waals surface area contributed by atoms with Crippen molar-refractivity contribution in [2.75, 3.05) is 21.3 Å². The lowest BCUT2D eigenvalue weighted by molar-refractivity contribution is -0.139. The predicted octanol–water partition coefficient (Wildman–Crippen LogP) is 2.23. The summed E-state index contributed by atoms with van der Waals surface area (Å²) in [5.41, 5.74) is -0.183. The molecule has 1 atom stereocenters. The Morgan fingerprint density at radius 2 is 1.56 bits per heavy atom. The van der Waals surface area contributed by atoms with E-state index < -0.39 is 23.7 Å². The molecule has 0 radical (unpaired) electrons. The zero-order chi connectivity index (χ0) is 19.2. The minimum atomic E-state index is -1.19. The van der Waals surface area contributed by atoms with Crippen LogP contribution in [-0.4, -0.2) is 50.1 Å². The van der Waals surface area contributed by atoms with Crippen molar-refractivity contribution in [2.45, 2.75) is 38.8 Å². The second kappa shape index (κ2) is 8.46. The van der Waals surface area contributed by atoms with Gasteiger partial charge in [-0.3, -0.25) is 0 Å². The third-order valence-corrected chi connectivity index (χ3v) is 3.20. The number of aliphatic carboxylic acids is 1. The first-order valence-electron chi connectivity index (χ1n) is 7.62. The van der Waals surface area contributed by atoms with E-state index in [1.807, 2.05) is 0 Å². The fourth-order valence-corrected chi connectivity index (χ4v) is 2.12. The van der Waals surface area contributed by atoms with Crippen LogP contribution in [0.15, 0.2) is 12.1 Å². The Morgan fingerprint density at radius 1 is 1.04 bits per heavy atom. The molecule has 0 spiro atoms. The van der Waals surface area contributed by atoms with E-state index in [-0.39, 0.29) is 6.42 Å². The number of rotatable bonds is 7. The highest BCUT2D eigenvalue weighted by molar-refractivity contribution is 5.80. The van der Waals surface area contributed by atoms with E-state index in [4.69, 9.17) is 18.9 Å². The summed E-state index contributed by atoms with van der Waals surface area (Å²) in [4.78, 5) is 23.4. The molecule has 0 aliphatic carbocycles. The summed E-state index contributed by atoms with van der Waals surface area (Å²) in [6.45, 7) is 5.08. The quantitative estimate of drug-likeness (QED) is 0.773. The molecule has 0 aliphatic rings. The number of amides is 1. The van der Waals surface area contributed by atoms with E-state index in [1.54, 1.807) is 32.9 Å². The Balaban J connectivity index is 3.05. The Morgan fingerprint density at radius 3 is 2.00 bits per heavy atom. The molecule has 8 nitrogen and oxygen atoms in total. The molecule has 0 aliphatic heterocycles. The maximum absolute atomic E-state index is 11.9. The van der Waals surface area contributed by atoms with Gasteiger partial charge < -0.3 is 29.4 Å². The van der Waals surface area contributed by atoms with Crippen LogP contribution in [0.5, 0.6) is 17.2 Å². The topological polar surface area (TPSA) is 103 Å². The molecule has 25 heavy (non-hydrogen) atoms. The maximum atomic E-state index is 11.9. The monoisotopic (exact) mass is 355 g/mol. The van der Waals surface area contributed by atoms with Crippen molar-refractivity contribution in [1.29, 1.82) is 0 Å². The normalized spacial score (nSPS) is 12.1. The first-order valence-corrected chi connectivity index (χ1v) is 7.62. The summed E-state index contributed by atoms with van der Waals surface area (Å²) in [6, 6.07) is 2.02. The number of carboxylic acid groups (broad SMARTS) is 1. The zero-order valence-electron chi connectivity index (χ0n) is 15.3. The molecule has 1 amide bonds. The smallest absolute Gasteiger partial charge is 0.408 e. The molecule has 2 N–H and O–H groups in total. The van der Waals surface area contributed by atoms with Crippen molar-refractivity contribution in [3.63, 3.8) is 0 Å². The van der Waals surface area contributed by atoms with Crippen molar-refractivity contribution in [3.8, 4) is 17.2 Å². The van der Waals surface area contributed by atoms with Gasteiger partial charge in [0, 0.05) is 18.1 Å². The van der Waals surface area contributed by atoms with Crippen LogP contribution < -0.4 is 19.5 Å². The third-order valence-electron chi connectivity index (χ3n) is 3.20. The van der Waals surface area contributed by atoms with Gasteiger partial charge in [-0.2, -0.15) is 0 Å². The van der Waals surface area contributed by atoms with Crippen molar-refractivity contribution >= 4 is 12.1 Å². The number of carbonyl (C=O) groups is 2. The summed E-state index contributed by atoms with van der Waals surface area (Å²) in [5, 5.41) is 11.8. The molecule has 0 saturated carbocycles. The molecule has 1 aromatic carbocycles. The second-order valence-electron chi connectivity index (χ2n) is 6.26. The minimum Gasteiger partial charge on any atom is -0.496 e. The molecule has 140 valence electrons. The largest absolute Gasteiger partial charge is 0.496 e. The number of benzene rings is 1. The van der Waals surface area contributed by atoms with Gasteiger partial charge in [0.2, 0.25) is 0 Å². The number of hydrogen-bond acceptors (Lipinski definition) is 6. The molecule has 0 heterocycles. The number of carbonyl (C=O) groups excluding carboxylic acids is 1. The van der Waals surface area contributed by atoms with E-state index in [1.165, 1.54) is 21.3 Å². The van der Waals surface area contributed by atoms with Crippen LogP contribution in [0.25, 0.3) is 0 Å². The summed E-state index contributed by atoms with van der Waals surface area (Å²) in [7, 11) is 4.42. The first kappa shape index (κ1) is 20.4. The van der Waals surface area contributed by atoms with Gasteiger partial charge >= 0.3 is 12.1 Å². The fraction of sp³-hybridized carbons (Fsp3) is 0.529. The average molecular weight is 355 g/mol. The van der Waals surface area contributed by atoms with Crippen LogP contribution in [0, 0.1) is 0 Å². The lowest BCUT2D eigenvalue weighted by Gasteiger charge is -2.22. The lowest BCUT2D eigenvalue weighted by Crippen LogP contribution is -2.44. The molecule has 1 rings (SSSR count). The maximum Gasteiger partial charge on any atom is 0.408 e. The fourth-order valence-electron chi connectivity index (χ4n) is 2.12.